The average Bonchev–Trinajstić information content (AvgIpc) is 3.80. The van der Waals surface area contributed by atoms with Gasteiger partial charge in [-0.2, -0.15) is 0 Å². The lowest BCUT2D eigenvalue weighted by Crippen LogP contribution is -2.46. The summed E-state index contributed by atoms with van der Waals surface area (Å²) in [5.41, 5.74) is 2.82. The maximum Gasteiger partial charge on any atom is 0.299 e. The Morgan fingerprint density at radius 3 is 2.41 bits per heavy atom. The highest BCUT2D eigenvalue weighted by Crippen LogP contribution is 2.33. The third kappa shape index (κ3) is 5.87. The van der Waals surface area contributed by atoms with Crippen LogP contribution in [0.1, 0.15) is 26.3 Å². The van der Waals surface area contributed by atoms with Crippen LogP contribution in [-0.4, -0.2) is 47.0 Å². The van der Waals surface area contributed by atoms with Crippen LogP contribution in [0.25, 0.3) is 11.3 Å². The molecule has 0 radical (unpaired) electrons. The molecule has 0 bridgehead atoms. The van der Waals surface area contributed by atoms with Gasteiger partial charge in [0.2, 0.25) is 5.91 Å². The zero-order valence-electron chi connectivity index (χ0n) is 23.5. The van der Waals surface area contributed by atoms with Crippen LogP contribution in [0.3, 0.4) is 0 Å². The van der Waals surface area contributed by atoms with Crippen LogP contribution in [0.15, 0.2) is 102 Å². The molecule has 6 rings (SSSR count). The molecule has 5 aromatic rings. The normalized spacial score (nSPS) is 13.0. The molecular formula is C33H26N4O5S2. The standard InChI is InChI=1S/C33H26N4O5S2/c1-42-23-15-13-22(14-16-23)34-32(40)30(27-12-7-17-43-27)37(18-28-35-25(20-44-28)21-8-3-2-4-9-21)29(38)19-36-26-11-6-5-10-24(26)31(39)33(36)41/h2-17,20,30H,18-19H2,1H3,(H,34,40). The number of thiophene rings is 1. The number of nitrogens with zero attached hydrogens (tertiary/aromatic N) is 3. The summed E-state index contributed by atoms with van der Waals surface area (Å²) in [6, 6.07) is 25.7. The van der Waals surface area contributed by atoms with Crippen molar-refractivity contribution in [3.63, 3.8) is 0 Å². The third-order valence-electron chi connectivity index (χ3n) is 7.15. The molecule has 44 heavy (non-hydrogen) atoms. The average molecular weight is 623 g/mol. The first-order chi connectivity index (χ1) is 21.4. The van der Waals surface area contributed by atoms with E-state index in [1.807, 2.05) is 47.2 Å². The van der Waals surface area contributed by atoms with E-state index in [2.05, 4.69) is 5.32 Å². The van der Waals surface area contributed by atoms with Gasteiger partial charge < -0.3 is 15.0 Å². The Morgan fingerprint density at radius 1 is 0.932 bits per heavy atom. The summed E-state index contributed by atoms with van der Waals surface area (Å²) in [6.45, 7) is -0.414. The van der Waals surface area contributed by atoms with Crippen LogP contribution < -0.4 is 15.0 Å². The molecule has 0 fully saturated rings. The predicted octanol–water partition coefficient (Wildman–Crippen LogP) is 5.82. The summed E-state index contributed by atoms with van der Waals surface area (Å²) >= 11 is 2.72. The van der Waals surface area contributed by atoms with E-state index in [0.717, 1.165) is 11.3 Å². The molecule has 0 aliphatic carbocycles. The van der Waals surface area contributed by atoms with E-state index < -0.39 is 36.1 Å². The summed E-state index contributed by atoms with van der Waals surface area (Å²) in [6.07, 6.45) is 0. The van der Waals surface area contributed by atoms with Crippen molar-refractivity contribution in [3.8, 4) is 17.0 Å². The number of benzene rings is 3. The lowest BCUT2D eigenvalue weighted by Gasteiger charge is -2.31. The number of carbonyl (C=O) groups is 4. The molecule has 220 valence electrons. The third-order valence-corrected chi connectivity index (χ3v) is 8.91. The van der Waals surface area contributed by atoms with Crippen LogP contribution in [0.4, 0.5) is 11.4 Å². The Kier molecular flexibility index (Phi) is 8.31. The van der Waals surface area contributed by atoms with Gasteiger partial charge in [-0.05, 0) is 47.8 Å². The number of para-hydroxylation sites is 1. The van der Waals surface area contributed by atoms with Gasteiger partial charge in [0.15, 0.2) is 0 Å². The summed E-state index contributed by atoms with van der Waals surface area (Å²) in [7, 11) is 1.56. The van der Waals surface area contributed by atoms with E-state index in [1.165, 1.54) is 32.5 Å². The van der Waals surface area contributed by atoms with Gasteiger partial charge in [-0.3, -0.25) is 24.1 Å². The fourth-order valence-electron chi connectivity index (χ4n) is 4.98. The zero-order chi connectivity index (χ0) is 30.6. The minimum absolute atomic E-state index is 0.00650. The number of aromatic nitrogens is 1. The highest BCUT2D eigenvalue weighted by Gasteiger charge is 2.40. The largest absolute Gasteiger partial charge is 0.497 e. The molecule has 1 unspecified atom stereocenters. The molecule has 3 heterocycles. The highest BCUT2D eigenvalue weighted by molar-refractivity contribution is 7.10. The van der Waals surface area contributed by atoms with Crippen molar-refractivity contribution in [2.45, 2.75) is 12.6 Å². The number of hydrogen-bond acceptors (Lipinski definition) is 8. The number of anilines is 2. The highest BCUT2D eigenvalue weighted by atomic mass is 32.1. The van der Waals surface area contributed by atoms with Crippen molar-refractivity contribution in [3.05, 3.63) is 117 Å². The minimum atomic E-state index is -1.04. The minimum Gasteiger partial charge on any atom is -0.497 e. The van der Waals surface area contributed by atoms with Crippen molar-refractivity contribution >= 4 is 57.6 Å². The molecule has 11 heteroatoms. The van der Waals surface area contributed by atoms with Crippen molar-refractivity contribution in [1.29, 1.82) is 0 Å². The number of carbonyl (C=O) groups excluding carboxylic acids is 4. The van der Waals surface area contributed by atoms with Gasteiger partial charge in [-0.1, -0.05) is 48.5 Å². The monoisotopic (exact) mass is 622 g/mol. The van der Waals surface area contributed by atoms with E-state index in [4.69, 9.17) is 9.72 Å². The summed E-state index contributed by atoms with van der Waals surface area (Å²) in [5.74, 6) is -1.76. The second-order valence-electron chi connectivity index (χ2n) is 9.89. The molecule has 1 aliphatic heterocycles. The Morgan fingerprint density at radius 2 is 1.68 bits per heavy atom. The quantitative estimate of drug-likeness (QED) is 0.197. The number of thiazole rings is 1. The summed E-state index contributed by atoms with van der Waals surface area (Å²) in [4.78, 5) is 61.9. The molecule has 1 atom stereocenters. The van der Waals surface area contributed by atoms with E-state index >= 15 is 0 Å². The van der Waals surface area contributed by atoms with Gasteiger partial charge in [0, 0.05) is 21.5 Å². The van der Waals surface area contributed by atoms with Gasteiger partial charge in [-0.15, -0.1) is 22.7 Å². The van der Waals surface area contributed by atoms with Crippen molar-refractivity contribution in [1.82, 2.24) is 9.88 Å². The number of methoxy groups -OCH3 is 1. The smallest absolute Gasteiger partial charge is 0.299 e. The number of nitrogens with one attached hydrogen (secondary N) is 1. The number of Topliss-reactive ketones (excluding diaryl/α,β-unsaturated/α-hetero) is 1. The Balaban J connectivity index is 1.35. The van der Waals surface area contributed by atoms with Crippen molar-refractivity contribution < 1.29 is 23.9 Å². The first-order valence-electron chi connectivity index (χ1n) is 13.7. The molecular weight excluding hydrogens is 597 g/mol. The van der Waals surface area contributed by atoms with Gasteiger partial charge in [0.1, 0.15) is 23.3 Å². The predicted molar refractivity (Wildman–Crippen MR) is 170 cm³/mol. The van der Waals surface area contributed by atoms with Gasteiger partial charge in [0.25, 0.3) is 17.6 Å². The molecule has 1 N–H and O–H groups in total. The van der Waals surface area contributed by atoms with Crippen LogP contribution in [0, 0.1) is 0 Å². The molecule has 3 amide bonds. The maximum atomic E-state index is 14.2. The van der Waals surface area contributed by atoms with E-state index in [-0.39, 0.29) is 12.1 Å². The Hall–Kier alpha value is -5.13. The molecule has 0 spiro atoms. The number of fused-ring (bicyclic) bond motifs is 1. The van der Waals surface area contributed by atoms with Crippen LogP contribution in [0.5, 0.6) is 5.75 Å². The topological polar surface area (TPSA) is 109 Å². The Labute approximate surface area is 261 Å². The number of rotatable bonds is 10. The first-order valence-corrected chi connectivity index (χ1v) is 15.4. The lowest BCUT2D eigenvalue weighted by molar-refractivity contribution is -0.138. The van der Waals surface area contributed by atoms with Crippen molar-refractivity contribution in [2.75, 3.05) is 23.9 Å². The van der Waals surface area contributed by atoms with E-state index in [0.29, 0.717) is 27.0 Å². The SMILES string of the molecule is COc1ccc(NC(=O)C(c2cccs2)N(Cc2nc(-c3ccccc3)cs2)C(=O)CN2C(=O)C(=O)c3ccccc32)cc1. The summed E-state index contributed by atoms with van der Waals surface area (Å²) in [5, 5.41) is 7.28. The lowest BCUT2D eigenvalue weighted by atomic mass is 10.1. The number of ketones is 1. The number of hydrogen-bond donors (Lipinski definition) is 1. The number of ether oxygens (including phenoxy) is 1. The Bertz CT molecular complexity index is 1820. The van der Waals surface area contributed by atoms with E-state index in [9.17, 15) is 19.2 Å². The fourth-order valence-corrected chi connectivity index (χ4v) is 6.62. The van der Waals surface area contributed by atoms with Gasteiger partial charge in [-0.25, -0.2) is 4.98 Å². The molecule has 1 aliphatic rings. The van der Waals surface area contributed by atoms with Crippen molar-refractivity contribution in [2.24, 2.45) is 0 Å². The van der Waals surface area contributed by atoms with Gasteiger partial charge in [0.05, 0.1) is 30.6 Å². The second kappa shape index (κ2) is 12.6. The molecule has 9 nitrogen and oxygen atoms in total. The van der Waals surface area contributed by atoms with Crippen LogP contribution in [0.2, 0.25) is 0 Å². The molecule has 0 saturated heterocycles. The second-order valence-corrected chi connectivity index (χ2v) is 11.8. The molecule has 2 aromatic heterocycles. The van der Waals surface area contributed by atoms with Gasteiger partial charge >= 0.3 is 0 Å². The molecule has 3 aromatic carbocycles. The van der Waals surface area contributed by atoms with Crippen LogP contribution in [-0.2, 0) is 20.9 Å². The fraction of sp³-hybridized carbons (Fsp3) is 0.121. The zero-order valence-corrected chi connectivity index (χ0v) is 25.1. The first kappa shape index (κ1) is 29.0. The molecule has 0 saturated carbocycles. The summed E-state index contributed by atoms with van der Waals surface area (Å²) < 4.78 is 5.23. The maximum absolute atomic E-state index is 14.2. The number of amides is 3. The van der Waals surface area contributed by atoms with Crippen LogP contribution >= 0.6 is 22.7 Å². The van der Waals surface area contributed by atoms with E-state index in [1.54, 1.807) is 61.7 Å².